The number of halogens is 3. The lowest BCUT2D eigenvalue weighted by Crippen LogP contribution is -2.36. The second-order valence-electron chi connectivity index (χ2n) is 7.82. The molecule has 0 amide bonds. The standard InChI is InChI=1S/C23H22F3NO6S/c1-22(2,21(28)31-3)33-11-4-5-15-13-17(23(24,25)26)6-8-19(15)27-34(29,30)18-7-9-20-16(14-18)10-12-32-20/h6-9,13-14,27H,10-12H2,1-3H3. The number of carbonyl (C=O) groups excluding carboxylic acids is 1. The number of fused-ring (bicyclic) bond motifs is 1. The fourth-order valence-corrected chi connectivity index (χ4v) is 4.23. The van der Waals surface area contributed by atoms with Crippen molar-refractivity contribution in [1.82, 2.24) is 0 Å². The Balaban J connectivity index is 1.90. The van der Waals surface area contributed by atoms with Gasteiger partial charge in [-0.3, -0.25) is 4.72 Å². The Bertz CT molecular complexity index is 1260. The molecule has 0 fully saturated rings. The number of nitrogens with one attached hydrogen (secondary N) is 1. The number of sulfonamides is 1. The Kier molecular flexibility index (Phi) is 7.14. The molecular weight excluding hydrogens is 475 g/mol. The first-order valence-electron chi connectivity index (χ1n) is 10.0. The van der Waals surface area contributed by atoms with E-state index in [4.69, 9.17) is 9.47 Å². The van der Waals surface area contributed by atoms with Gasteiger partial charge >= 0.3 is 12.1 Å². The number of anilines is 1. The lowest BCUT2D eigenvalue weighted by atomic mass is 10.1. The van der Waals surface area contributed by atoms with Gasteiger partial charge in [-0.25, -0.2) is 13.2 Å². The van der Waals surface area contributed by atoms with Gasteiger partial charge in [-0.05, 0) is 55.8 Å². The highest BCUT2D eigenvalue weighted by Gasteiger charge is 2.32. The van der Waals surface area contributed by atoms with Crippen molar-refractivity contribution in [3.05, 3.63) is 53.1 Å². The number of ether oxygens (including phenoxy) is 3. The molecule has 0 spiro atoms. The first-order valence-corrected chi connectivity index (χ1v) is 11.5. The fourth-order valence-electron chi connectivity index (χ4n) is 3.10. The molecule has 182 valence electrons. The Labute approximate surface area is 195 Å². The smallest absolute Gasteiger partial charge is 0.416 e. The van der Waals surface area contributed by atoms with Crippen molar-refractivity contribution in [1.29, 1.82) is 0 Å². The van der Waals surface area contributed by atoms with Crippen LogP contribution in [-0.4, -0.2) is 40.3 Å². The van der Waals surface area contributed by atoms with Crippen LogP contribution in [0.3, 0.4) is 0 Å². The van der Waals surface area contributed by atoms with Crippen molar-refractivity contribution in [3.63, 3.8) is 0 Å². The van der Waals surface area contributed by atoms with Gasteiger partial charge in [-0.15, -0.1) is 0 Å². The van der Waals surface area contributed by atoms with Crippen LogP contribution in [0.4, 0.5) is 18.9 Å². The van der Waals surface area contributed by atoms with E-state index >= 15 is 0 Å². The molecule has 34 heavy (non-hydrogen) atoms. The van der Waals surface area contributed by atoms with Gasteiger partial charge in [0.25, 0.3) is 10.0 Å². The highest BCUT2D eigenvalue weighted by Crippen LogP contribution is 2.33. The second-order valence-corrected chi connectivity index (χ2v) is 9.51. The summed E-state index contributed by atoms with van der Waals surface area (Å²) in [6, 6.07) is 6.85. The first kappa shape index (κ1) is 25.4. The van der Waals surface area contributed by atoms with Crippen molar-refractivity contribution in [2.24, 2.45) is 0 Å². The summed E-state index contributed by atoms with van der Waals surface area (Å²) in [5, 5.41) is 0. The molecule has 2 aromatic rings. The third kappa shape index (κ3) is 5.81. The van der Waals surface area contributed by atoms with Crippen LogP contribution in [0.25, 0.3) is 0 Å². The molecule has 1 aliphatic rings. The van der Waals surface area contributed by atoms with Crippen molar-refractivity contribution < 1.29 is 40.6 Å². The Morgan fingerprint density at radius 1 is 1.18 bits per heavy atom. The van der Waals surface area contributed by atoms with E-state index in [0.29, 0.717) is 18.8 Å². The second kappa shape index (κ2) is 9.56. The number of methoxy groups -OCH3 is 1. The molecule has 0 atom stereocenters. The lowest BCUT2D eigenvalue weighted by molar-refractivity contribution is -0.163. The number of hydrogen-bond donors (Lipinski definition) is 1. The van der Waals surface area contributed by atoms with Crippen LogP contribution in [0.15, 0.2) is 41.3 Å². The van der Waals surface area contributed by atoms with E-state index in [0.717, 1.165) is 23.8 Å². The van der Waals surface area contributed by atoms with Crippen LogP contribution in [0.2, 0.25) is 0 Å². The van der Waals surface area contributed by atoms with Gasteiger partial charge in [0.05, 0.1) is 29.9 Å². The van der Waals surface area contributed by atoms with Gasteiger partial charge in [0, 0.05) is 12.0 Å². The Morgan fingerprint density at radius 3 is 2.59 bits per heavy atom. The molecule has 0 saturated heterocycles. The maximum atomic E-state index is 13.2. The van der Waals surface area contributed by atoms with Gasteiger partial charge in [-0.2, -0.15) is 13.2 Å². The lowest BCUT2D eigenvalue weighted by Gasteiger charge is -2.20. The normalized spacial score (nSPS) is 13.4. The molecular formula is C23H22F3NO6S. The molecule has 11 heteroatoms. The maximum Gasteiger partial charge on any atom is 0.416 e. The van der Waals surface area contributed by atoms with Crippen LogP contribution in [0.1, 0.15) is 30.5 Å². The minimum Gasteiger partial charge on any atom is -0.493 e. The predicted octanol–water partition coefficient (Wildman–Crippen LogP) is 3.76. The van der Waals surface area contributed by atoms with E-state index in [9.17, 15) is 26.4 Å². The van der Waals surface area contributed by atoms with Gasteiger partial charge in [0.15, 0.2) is 5.60 Å². The van der Waals surface area contributed by atoms with Gasteiger partial charge in [0.2, 0.25) is 0 Å². The maximum absolute atomic E-state index is 13.2. The zero-order valence-corrected chi connectivity index (χ0v) is 19.4. The quantitative estimate of drug-likeness (QED) is 0.483. The highest BCUT2D eigenvalue weighted by atomic mass is 32.2. The number of rotatable bonds is 6. The van der Waals surface area contributed by atoms with Crippen LogP contribution in [-0.2, 0) is 36.9 Å². The molecule has 2 aromatic carbocycles. The van der Waals surface area contributed by atoms with E-state index in [1.165, 1.54) is 39.2 Å². The molecule has 1 aliphatic heterocycles. The molecule has 1 N–H and O–H groups in total. The summed E-state index contributed by atoms with van der Waals surface area (Å²) in [5.41, 5.74) is -1.93. The SMILES string of the molecule is COC(=O)C(C)(C)OCC#Cc1cc(C(F)(F)F)ccc1NS(=O)(=O)c1ccc2c(c1)CCO2. The number of benzene rings is 2. The minimum atomic E-state index is -4.66. The number of alkyl halides is 3. The summed E-state index contributed by atoms with van der Waals surface area (Å²) in [6.45, 7) is 3.03. The molecule has 0 unspecified atom stereocenters. The van der Waals surface area contributed by atoms with Crippen LogP contribution >= 0.6 is 0 Å². The van der Waals surface area contributed by atoms with Crippen LogP contribution in [0, 0.1) is 11.8 Å². The average molecular weight is 497 g/mol. The van der Waals surface area contributed by atoms with Gasteiger partial charge < -0.3 is 14.2 Å². The van der Waals surface area contributed by atoms with Crippen molar-refractivity contribution in [2.75, 3.05) is 25.0 Å². The molecule has 0 bridgehead atoms. The summed E-state index contributed by atoms with van der Waals surface area (Å²) in [4.78, 5) is 11.6. The summed E-state index contributed by atoms with van der Waals surface area (Å²) in [6.07, 6.45) is -4.10. The number of hydrogen-bond acceptors (Lipinski definition) is 6. The molecule has 0 saturated carbocycles. The minimum absolute atomic E-state index is 0.0567. The number of carbonyl (C=O) groups is 1. The van der Waals surface area contributed by atoms with Crippen molar-refractivity contribution in [2.45, 2.75) is 36.9 Å². The molecule has 0 aromatic heterocycles. The van der Waals surface area contributed by atoms with E-state index in [1.807, 2.05) is 0 Å². The highest BCUT2D eigenvalue weighted by molar-refractivity contribution is 7.92. The first-order chi connectivity index (χ1) is 15.8. The summed E-state index contributed by atoms with van der Waals surface area (Å²) >= 11 is 0. The summed E-state index contributed by atoms with van der Waals surface area (Å²) in [7, 11) is -2.93. The largest absolute Gasteiger partial charge is 0.493 e. The summed E-state index contributed by atoms with van der Waals surface area (Å²) in [5.74, 6) is 4.95. The fraction of sp³-hybridized carbons (Fsp3) is 0.348. The van der Waals surface area contributed by atoms with E-state index in [-0.39, 0.29) is 22.8 Å². The van der Waals surface area contributed by atoms with Crippen molar-refractivity contribution >= 4 is 21.7 Å². The molecule has 7 nitrogen and oxygen atoms in total. The van der Waals surface area contributed by atoms with E-state index in [2.05, 4.69) is 21.3 Å². The zero-order valence-electron chi connectivity index (χ0n) is 18.6. The molecule has 1 heterocycles. The van der Waals surface area contributed by atoms with Crippen LogP contribution < -0.4 is 9.46 Å². The molecule has 0 radical (unpaired) electrons. The third-order valence-corrected chi connectivity index (χ3v) is 6.33. The third-order valence-electron chi connectivity index (χ3n) is 4.97. The Morgan fingerprint density at radius 2 is 1.91 bits per heavy atom. The molecule has 3 rings (SSSR count). The van der Waals surface area contributed by atoms with Gasteiger partial charge in [-0.1, -0.05) is 11.8 Å². The van der Waals surface area contributed by atoms with Gasteiger partial charge in [0.1, 0.15) is 12.4 Å². The zero-order chi connectivity index (χ0) is 25.1. The van der Waals surface area contributed by atoms with Crippen LogP contribution in [0.5, 0.6) is 5.75 Å². The monoisotopic (exact) mass is 497 g/mol. The number of esters is 1. The van der Waals surface area contributed by atoms with Crippen molar-refractivity contribution in [3.8, 4) is 17.6 Å². The predicted molar refractivity (Wildman–Crippen MR) is 117 cm³/mol. The van der Waals surface area contributed by atoms with E-state index in [1.54, 1.807) is 0 Å². The average Bonchev–Trinajstić information content (AvgIpc) is 3.24. The molecule has 0 aliphatic carbocycles. The Hall–Kier alpha value is -3.23. The summed E-state index contributed by atoms with van der Waals surface area (Å²) < 4.78 is 83.1. The van der Waals surface area contributed by atoms with E-state index < -0.39 is 33.3 Å². The topological polar surface area (TPSA) is 90.9 Å².